The summed E-state index contributed by atoms with van der Waals surface area (Å²) in [6.45, 7) is 3.86. The van der Waals surface area contributed by atoms with Crippen LogP contribution in [0.5, 0.6) is 0 Å². The van der Waals surface area contributed by atoms with Crippen molar-refractivity contribution in [1.82, 2.24) is 10.1 Å². The van der Waals surface area contributed by atoms with Crippen molar-refractivity contribution in [3.05, 3.63) is 36.0 Å². The molecule has 0 amide bonds. The molecule has 1 heterocycles. The molecule has 4 nitrogen and oxygen atoms in total. The Labute approximate surface area is 117 Å². The second-order valence-electron chi connectivity index (χ2n) is 4.57. The fourth-order valence-corrected chi connectivity index (χ4v) is 1.83. The fourth-order valence-electron chi connectivity index (χ4n) is 1.83. The Morgan fingerprint density at radius 2 is 2.05 bits per heavy atom. The molecule has 2 N–H and O–H groups in total. The SMILES string of the molecule is CCCC(C)(N)c1nc(-c2ccccc2F)no1.Cl. The summed E-state index contributed by atoms with van der Waals surface area (Å²) in [5, 5.41) is 3.79. The van der Waals surface area contributed by atoms with Gasteiger partial charge >= 0.3 is 0 Å². The van der Waals surface area contributed by atoms with Crippen molar-refractivity contribution in [3.63, 3.8) is 0 Å². The van der Waals surface area contributed by atoms with Crippen LogP contribution >= 0.6 is 12.4 Å². The number of hydrogen-bond acceptors (Lipinski definition) is 4. The maximum atomic E-state index is 13.6. The second-order valence-corrected chi connectivity index (χ2v) is 4.57. The zero-order chi connectivity index (χ0) is 13.2. The Bertz CT molecular complexity index is 542. The Morgan fingerprint density at radius 1 is 1.37 bits per heavy atom. The first-order valence-electron chi connectivity index (χ1n) is 5.92. The van der Waals surface area contributed by atoms with Crippen LogP contribution in [0.3, 0.4) is 0 Å². The van der Waals surface area contributed by atoms with Gasteiger partial charge in [-0.3, -0.25) is 0 Å². The molecule has 6 heteroatoms. The minimum atomic E-state index is -0.675. The predicted molar refractivity (Wildman–Crippen MR) is 73.4 cm³/mol. The van der Waals surface area contributed by atoms with Crippen molar-refractivity contribution in [2.75, 3.05) is 0 Å². The summed E-state index contributed by atoms with van der Waals surface area (Å²) >= 11 is 0. The van der Waals surface area contributed by atoms with Crippen LogP contribution in [0.15, 0.2) is 28.8 Å². The lowest BCUT2D eigenvalue weighted by atomic mass is 9.98. The van der Waals surface area contributed by atoms with E-state index in [4.69, 9.17) is 10.3 Å². The molecular weight excluding hydrogens is 269 g/mol. The molecule has 2 aromatic rings. The third-order valence-electron chi connectivity index (χ3n) is 2.80. The topological polar surface area (TPSA) is 64.9 Å². The molecule has 19 heavy (non-hydrogen) atoms. The Kier molecular flexibility index (Phi) is 5.03. The molecule has 0 bridgehead atoms. The number of benzene rings is 1. The molecule has 0 fully saturated rings. The van der Waals surface area contributed by atoms with Gasteiger partial charge in [-0.2, -0.15) is 4.98 Å². The van der Waals surface area contributed by atoms with Crippen LogP contribution in [-0.4, -0.2) is 10.1 Å². The molecule has 1 unspecified atom stereocenters. The van der Waals surface area contributed by atoms with Crippen LogP contribution in [0.25, 0.3) is 11.4 Å². The largest absolute Gasteiger partial charge is 0.337 e. The normalized spacial score (nSPS) is 13.7. The summed E-state index contributed by atoms with van der Waals surface area (Å²) < 4.78 is 18.7. The molecule has 1 atom stereocenters. The van der Waals surface area contributed by atoms with E-state index in [0.29, 0.717) is 11.5 Å². The lowest BCUT2D eigenvalue weighted by Gasteiger charge is -2.18. The van der Waals surface area contributed by atoms with Crippen molar-refractivity contribution >= 4 is 12.4 Å². The average molecular weight is 286 g/mol. The predicted octanol–water partition coefficient (Wildman–Crippen LogP) is 3.27. The molecule has 0 aliphatic rings. The van der Waals surface area contributed by atoms with Gasteiger partial charge in [0.1, 0.15) is 5.82 Å². The number of halogens is 2. The van der Waals surface area contributed by atoms with E-state index in [9.17, 15) is 4.39 Å². The van der Waals surface area contributed by atoms with Crippen molar-refractivity contribution in [2.45, 2.75) is 32.2 Å². The first-order valence-corrected chi connectivity index (χ1v) is 5.92. The minimum absolute atomic E-state index is 0. The first kappa shape index (κ1) is 15.6. The summed E-state index contributed by atoms with van der Waals surface area (Å²) in [7, 11) is 0. The highest BCUT2D eigenvalue weighted by atomic mass is 35.5. The van der Waals surface area contributed by atoms with Crippen LogP contribution in [0.2, 0.25) is 0 Å². The van der Waals surface area contributed by atoms with Gasteiger partial charge in [-0.05, 0) is 25.5 Å². The summed E-state index contributed by atoms with van der Waals surface area (Å²) in [5.41, 5.74) is 5.73. The molecule has 2 rings (SSSR count). The summed E-state index contributed by atoms with van der Waals surface area (Å²) in [4.78, 5) is 4.19. The monoisotopic (exact) mass is 285 g/mol. The smallest absolute Gasteiger partial charge is 0.246 e. The van der Waals surface area contributed by atoms with Crippen LogP contribution < -0.4 is 5.73 Å². The Hall–Kier alpha value is -1.46. The Morgan fingerprint density at radius 3 is 2.68 bits per heavy atom. The van der Waals surface area contributed by atoms with Crippen molar-refractivity contribution in [3.8, 4) is 11.4 Å². The standard InChI is InChI=1S/C13H16FN3O.ClH/c1-3-8-13(2,15)12-16-11(17-18-12)9-6-4-5-7-10(9)14;/h4-7H,3,8,15H2,1-2H3;1H. The zero-order valence-electron chi connectivity index (χ0n) is 10.9. The van der Waals surface area contributed by atoms with Crippen LogP contribution in [0.4, 0.5) is 4.39 Å². The Balaban J connectivity index is 0.00000180. The first-order chi connectivity index (χ1) is 8.54. The molecule has 0 aliphatic carbocycles. The van der Waals surface area contributed by atoms with E-state index in [-0.39, 0.29) is 24.0 Å². The van der Waals surface area contributed by atoms with E-state index in [0.717, 1.165) is 12.8 Å². The van der Waals surface area contributed by atoms with E-state index < -0.39 is 5.54 Å². The van der Waals surface area contributed by atoms with Gasteiger partial charge < -0.3 is 10.3 Å². The maximum absolute atomic E-state index is 13.6. The molecular formula is C13H17ClFN3O. The van der Waals surface area contributed by atoms with Crippen LogP contribution in [0.1, 0.15) is 32.6 Å². The third-order valence-corrected chi connectivity index (χ3v) is 2.80. The van der Waals surface area contributed by atoms with Gasteiger partial charge in [-0.25, -0.2) is 4.39 Å². The quantitative estimate of drug-likeness (QED) is 0.936. The van der Waals surface area contributed by atoms with Crippen molar-refractivity contribution in [2.24, 2.45) is 5.73 Å². The number of nitrogens with two attached hydrogens (primary N) is 1. The van der Waals surface area contributed by atoms with Crippen LogP contribution in [0, 0.1) is 5.82 Å². The molecule has 0 radical (unpaired) electrons. The van der Waals surface area contributed by atoms with Gasteiger partial charge in [-0.1, -0.05) is 30.6 Å². The van der Waals surface area contributed by atoms with Crippen LogP contribution in [-0.2, 0) is 5.54 Å². The average Bonchev–Trinajstić information content (AvgIpc) is 2.79. The maximum Gasteiger partial charge on any atom is 0.246 e. The van der Waals surface area contributed by atoms with Gasteiger partial charge in [0, 0.05) is 0 Å². The number of hydrogen-bond donors (Lipinski definition) is 1. The van der Waals surface area contributed by atoms with E-state index in [1.165, 1.54) is 6.07 Å². The third kappa shape index (κ3) is 3.30. The van der Waals surface area contributed by atoms with Gasteiger partial charge in [0.25, 0.3) is 0 Å². The van der Waals surface area contributed by atoms with E-state index in [1.54, 1.807) is 18.2 Å². The summed E-state index contributed by atoms with van der Waals surface area (Å²) in [5.74, 6) is 0.192. The lowest BCUT2D eigenvalue weighted by Crippen LogP contribution is -2.33. The van der Waals surface area contributed by atoms with Gasteiger partial charge in [0.15, 0.2) is 0 Å². The molecule has 1 aromatic heterocycles. The highest BCUT2D eigenvalue weighted by Gasteiger charge is 2.27. The molecule has 0 spiro atoms. The zero-order valence-corrected chi connectivity index (χ0v) is 11.7. The van der Waals surface area contributed by atoms with Gasteiger partial charge in [-0.15, -0.1) is 12.4 Å². The number of aromatic nitrogens is 2. The number of nitrogens with zero attached hydrogens (tertiary/aromatic N) is 2. The molecule has 104 valence electrons. The van der Waals surface area contributed by atoms with Crippen molar-refractivity contribution < 1.29 is 8.91 Å². The molecule has 0 saturated carbocycles. The second kappa shape index (κ2) is 6.12. The van der Waals surface area contributed by atoms with Gasteiger partial charge in [0.2, 0.25) is 11.7 Å². The molecule has 0 aliphatic heterocycles. The van der Waals surface area contributed by atoms with Gasteiger partial charge in [0.05, 0.1) is 11.1 Å². The van der Waals surface area contributed by atoms with E-state index in [1.807, 2.05) is 13.8 Å². The van der Waals surface area contributed by atoms with E-state index in [2.05, 4.69) is 10.1 Å². The number of rotatable bonds is 4. The highest BCUT2D eigenvalue weighted by molar-refractivity contribution is 5.85. The summed E-state index contributed by atoms with van der Waals surface area (Å²) in [6, 6.07) is 6.31. The fraction of sp³-hybridized carbons (Fsp3) is 0.385. The summed E-state index contributed by atoms with van der Waals surface area (Å²) in [6.07, 6.45) is 1.64. The minimum Gasteiger partial charge on any atom is -0.337 e. The lowest BCUT2D eigenvalue weighted by molar-refractivity contribution is 0.284. The van der Waals surface area contributed by atoms with Crippen molar-refractivity contribution in [1.29, 1.82) is 0 Å². The molecule has 1 aromatic carbocycles. The molecule has 0 saturated heterocycles. The highest BCUT2D eigenvalue weighted by Crippen LogP contribution is 2.25. The van der Waals surface area contributed by atoms with E-state index >= 15 is 0 Å².